The summed E-state index contributed by atoms with van der Waals surface area (Å²) in [7, 11) is 0. The molecule has 1 amide bonds. The number of isocyanates is 2. The average molecular weight is 412 g/mol. The largest absolute Gasteiger partial charge is 0.477 e. The Labute approximate surface area is 172 Å². The predicted octanol–water partition coefficient (Wildman–Crippen LogP) is 3.37. The number of allylic oxidation sites excluding steroid dienone is 4. The Morgan fingerprint density at radius 2 is 1.93 bits per heavy atom. The summed E-state index contributed by atoms with van der Waals surface area (Å²) in [5, 5.41) is 11.8. The van der Waals surface area contributed by atoms with Gasteiger partial charge in [-0.15, -0.1) is 0 Å². The molecule has 0 heterocycles. The van der Waals surface area contributed by atoms with E-state index in [1.165, 1.54) is 12.2 Å². The van der Waals surface area contributed by atoms with Crippen LogP contribution in [0.5, 0.6) is 0 Å². The van der Waals surface area contributed by atoms with E-state index in [4.69, 9.17) is 9.47 Å². The maximum absolute atomic E-state index is 11.9. The van der Waals surface area contributed by atoms with Gasteiger partial charge in [-0.25, -0.2) is 19.9 Å². The highest BCUT2D eigenvalue weighted by molar-refractivity contribution is 5.84. The number of anilines is 1. The van der Waals surface area contributed by atoms with Gasteiger partial charge >= 0.3 is 6.09 Å². The number of benzene rings is 1. The number of aliphatic imine (C=N–C) groups is 2. The molecule has 0 saturated heterocycles. The standard InChI is InChI=1S/C20H20N4O6/c1-14(30-20(27)23-18-8-6-17(7-9-18)22-13-26)10-11-29-19(24-28)15-2-4-16(5-3-15)21-12-25/h2,4-9,14,24,28H,3,10-11H2,1H3,(H,23,27). The average Bonchev–Trinajstić information content (AvgIpc) is 2.74. The number of hydrogen-bond donors (Lipinski definition) is 3. The number of rotatable bonds is 9. The summed E-state index contributed by atoms with van der Waals surface area (Å²) in [6.45, 7) is 1.88. The quantitative estimate of drug-likeness (QED) is 0.245. The Morgan fingerprint density at radius 1 is 1.20 bits per heavy atom. The lowest BCUT2D eigenvalue weighted by molar-refractivity contribution is 0.0607. The van der Waals surface area contributed by atoms with Gasteiger partial charge in [0.15, 0.2) is 0 Å². The van der Waals surface area contributed by atoms with Gasteiger partial charge in [0.05, 0.1) is 18.0 Å². The molecule has 0 spiro atoms. The van der Waals surface area contributed by atoms with Crippen molar-refractivity contribution in [2.24, 2.45) is 9.98 Å². The van der Waals surface area contributed by atoms with Crippen LogP contribution in [0.4, 0.5) is 16.2 Å². The molecule has 156 valence electrons. The van der Waals surface area contributed by atoms with Gasteiger partial charge in [0, 0.05) is 17.7 Å². The third-order valence-electron chi connectivity index (χ3n) is 3.92. The molecule has 0 aromatic heterocycles. The first kappa shape index (κ1) is 22.3. The molecule has 1 aromatic carbocycles. The fourth-order valence-electron chi connectivity index (χ4n) is 2.43. The first-order valence-corrected chi connectivity index (χ1v) is 8.93. The minimum Gasteiger partial charge on any atom is -0.477 e. The molecule has 1 aromatic rings. The van der Waals surface area contributed by atoms with E-state index >= 15 is 0 Å². The van der Waals surface area contributed by atoms with Crippen LogP contribution < -0.4 is 10.8 Å². The van der Waals surface area contributed by atoms with E-state index in [1.807, 2.05) is 5.48 Å². The highest BCUT2D eigenvalue weighted by Crippen LogP contribution is 2.19. The number of nitrogens with one attached hydrogen (secondary N) is 2. The third kappa shape index (κ3) is 7.21. The molecule has 30 heavy (non-hydrogen) atoms. The van der Waals surface area contributed by atoms with Gasteiger partial charge in [0.2, 0.25) is 18.0 Å². The van der Waals surface area contributed by atoms with E-state index in [0.717, 1.165) is 0 Å². The van der Waals surface area contributed by atoms with Crippen molar-refractivity contribution in [3.63, 3.8) is 0 Å². The van der Waals surface area contributed by atoms with Crippen LogP contribution in [-0.4, -0.2) is 36.2 Å². The monoisotopic (exact) mass is 412 g/mol. The van der Waals surface area contributed by atoms with E-state index in [-0.39, 0.29) is 12.5 Å². The predicted molar refractivity (Wildman–Crippen MR) is 106 cm³/mol. The first-order valence-electron chi connectivity index (χ1n) is 8.93. The SMILES string of the molecule is CC(CCOC(NO)=C1C=CC(N=C=O)=CC1)OC(=O)Nc1ccc(N=C=O)cc1. The third-order valence-corrected chi connectivity index (χ3v) is 3.92. The zero-order valence-electron chi connectivity index (χ0n) is 16.1. The summed E-state index contributed by atoms with van der Waals surface area (Å²) in [6.07, 6.45) is 7.52. The van der Waals surface area contributed by atoms with Crippen LogP contribution in [0, 0.1) is 0 Å². The van der Waals surface area contributed by atoms with Gasteiger partial charge in [-0.3, -0.25) is 10.5 Å². The van der Waals surface area contributed by atoms with Gasteiger partial charge in [0.1, 0.15) is 6.10 Å². The van der Waals surface area contributed by atoms with Crippen molar-refractivity contribution >= 4 is 29.6 Å². The van der Waals surface area contributed by atoms with Gasteiger partial charge in [-0.1, -0.05) is 12.2 Å². The van der Waals surface area contributed by atoms with Crippen LogP contribution in [0.3, 0.4) is 0 Å². The van der Waals surface area contributed by atoms with Gasteiger partial charge in [0.25, 0.3) is 0 Å². The molecule has 0 fully saturated rings. The lowest BCUT2D eigenvalue weighted by atomic mass is 10.1. The van der Waals surface area contributed by atoms with Crippen LogP contribution in [0.2, 0.25) is 0 Å². The second-order valence-electron chi connectivity index (χ2n) is 6.06. The molecule has 3 N–H and O–H groups in total. The van der Waals surface area contributed by atoms with Crippen molar-refractivity contribution < 1.29 is 29.1 Å². The van der Waals surface area contributed by atoms with E-state index in [0.29, 0.717) is 35.5 Å². The molecule has 0 bridgehead atoms. The van der Waals surface area contributed by atoms with Crippen molar-refractivity contribution in [1.29, 1.82) is 0 Å². The van der Waals surface area contributed by atoms with E-state index in [9.17, 15) is 19.6 Å². The maximum Gasteiger partial charge on any atom is 0.411 e. The lowest BCUT2D eigenvalue weighted by Crippen LogP contribution is -2.22. The molecular formula is C20H20N4O6. The van der Waals surface area contributed by atoms with Crippen molar-refractivity contribution in [3.05, 3.63) is 59.6 Å². The molecule has 0 saturated carbocycles. The number of nitrogens with zero attached hydrogens (tertiary/aromatic N) is 2. The fourth-order valence-corrected chi connectivity index (χ4v) is 2.43. The number of carbonyl (C=O) groups is 1. The normalized spacial score (nSPS) is 14.9. The van der Waals surface area contributed by atoms with E-state index in [2.05, 4.69) is 15.3 Å². The van der Waals surface area contributed by atoms with Crippen LogP contribution >= 0.6 is 0 Å². The minimum absolute atomic E-state index is 0.159. The van der Waals surface area contributed by atoms with Crippen molar-refractivity contribution in [3.8, 4) is 0 Å². The van der Waals surface area contributed by atoms with Crippen LogP contribution in [-0.2, 0) is 19.1 Å². The number of carbonyl (C=O) groups excluding carboxylic acids is 3. The Kier molecular flexibility index (Phi) is 8.76. The molecule has 2 rings (SSSR count). The minimum atomic E-state index is -0.642. The summed E-state index contributed by atoms with van der Waals surface area (Å²) in [4.78, 5) is 39.4. The Balaban J connectivity index is 1.78. The van der Waals surface area contributed by atoms with Crippen molar-refractivity contribution in [2.75, 3.05) is 11.9 Å². The number of amides is 1. The molecule has 0 aliphatic heterocycles. The number of hydrogen-bond acceptors (Lipinski definition) is 9. The molecule has 10 nitrogen and oxygen atoms in total. The first-order chi connectivity index (χ1) is 14.5. The lowest BCUT2D eigenvalue weighted by Gasteiger charge is -2.17. The molecular weight excluding hydrogens is 392 g/mol. The van der Waals surface area contributed by atoms with Crippen LogP contribution in [0.15, 0.2) is 69.6 Å². The molecule has 1 aliphatic rings. The molecule has 10 heteroatoms. The van der Waals surface area contributed by atoms with Crippen LogP contribution in [0.1, 0.15) is 19.8 Å². The highest BCUT2D eigenvalue weighted by atomic mass is 16.6. The van der Waals surface area contributed by atoms with Crippen molar-refractivity contribution in [1.82, 2.24) is 5.48 Å². The zero-order chi connectivity index (χ0) is 21.8. The summed E-state index contributed by atoms with van der Waals surface area (Å²) < 4.78 is 10.8. The van der Waals surface area contributed by atoms with Crippen molar-refractivity contribution in [2.45, 2.75) is 25.9 Å². The van der Waals surface area contributed by atoms with Gasteiger partial charge < -0.3 is 9.47 Å². The summed E-state index contributed by atoms with van der Waals surface area (Å²) in [5.41, 5.74) is 4.05. The number of ether oxygens (including phenoxy) is 2. The molecule has 1 aliphatic carbocycles. The summed E-state index contributed by atoms with van der Waals surface area (Å²) in [5.74, 6) is 0.159. The van der Waals surface area contributed by atoms with Gasteiger partial charge in [-0.05, 0) is 43.7 Å². The van der Waals surface area contributed by atoms with Crippen LogP contribution in [0.25, 0.3) is 0 Å². The van der Waals surface area contributed by atoms with Gasteiger partial charge in [-0.2, -0.15) is 9.98 Å². The Bertz CT molecular complexity index is 939. The molecule has 0 radical (unpaired) electrons. The second-order valence-corrected chi connectivity index (χ2v) is 6.06. The molecule has 1 atom stereocenters. The second kappa shape index (κ2) is 11.8. The Morgan fingerprint density at radius 3 is 2.53 bits per heavy atom. The molecule has 1 unspecified atom stereocenters. The van der Waals surface area contributed by atoms with E-state index < -0.39 is 12.2 Å². The number of hydroxylamine groups is 1. The highest BCUT2D eigenvalue weighted by Gasteiger charge is 2.12. The fraction of sp³-hybridized carbons (Fsp3) is 0.250. The Hall–Kier alpha value is -3.97. The maximum atomic E-state index is 11.9. The zero-order valence-corrected chi connectivity index (χ0v) is 16.1. The van der Waals surface area contributed by atoms with E-state index in [1.54, 1.807) is 49.4 Å². The topological polar surface area (TPSA) is 139 Å². The summed E-state index contributed by atoms with van der Waals surface area (Å²) in [6, 6.07) is 6.26. The summed E-state index contributed by atoms with van der Waals surface area (Å²) >= 11 is 0. The smallest absolute Gasteiger partial charge is 0.411 e.